The summed E-state index contributed by atoms with van der Waals surface area (Å²) in [4.78, 5) is 10.8. The Bertz CT molecular complexity index is 534. The molecule has 0 unspecified atom stereocenters. The van der Waals surface area contributed by atoms with Gasteiger partial charge in [-0.15, -0.1) is 0 Å². The van der Waals surface area contributed by atoms with Crippen molar-refractivity contribution in [2.24, 2.45) is 0 Å². The topological polar surface area (TPSA) is 71.4 Å². The summed E-state index contributed by atoms with van der Waals surface area (Å²) >= 11 is 0. The van der Waals surface area contributed by atoms with Gasteiger partial charge in [0, 0.05) is 10.7 Å². The number of halogens is 1. The summed E-state index contributed by atoms with van der Waals surface area (Å²) in [7, 11) is 1.47. The Kier molecular flexibility index (Phi) is 3.60. The maximum atomic E-state index is 11.0. The quantitative estimate of drug-likeness (QED) is 0.847. The fourth-order valence-corrected chi connectivity index (χ4v) is 2.42. The summed E-state index contributed by atoms with van der Waals surface area (Å²) in [5.74, 6) is -1.45. The molecule has 0 bridgehead atoms. The zero-order chi connectivity index (χ0) is 12.5. The number of benzene rings is 1. The van der Waals surface area contributed by atoms with Crippen molar-refractivity contribution in [2.45, 2.75) is 19.6 Å². The van der Waals surface area contributed by atoms with E-state index < -0.39 is 15.0 Å². The third kappa shape index (κ3) is 3.21. The molecule has 88 valence electrons. The van der Waals surface area contributed by atoms with E-state index in [1.165, 1.54) is 12.1 Å². The Labute approximate surface area is 98.3 Å². The molecule has 0 saturated carbocycles. The van der Waals surface area contributed by atoms with Crippen molar-refractivity contribution in [2.75, 3.05) is 0 Å². The predicted molar refractivity (Wildman–Crippen MR) is 61.4 cm³/mol. The molecule has 1 N–H and O–H groups in total. The molecular formula is C10H11ClO4S. The average Bonchev–Trinajstić information content (AvgIpc) is 2.10. The fourth-order valence-electron chi connectivity index (χ4n) is 1.39. The van der Waals surface area contributed by atoms with Crippen LogP contribution in [-0.4, -0.2) is 19.5 Å². The lowest BCUT2D eigenvalue weighted by atomic mass is 10.0. The molecule has 0 aliphatic heterocycles. The number of aryl methyl sites for hydroxylation is 1. The van der Waals surface area contributed by atoms with E-state index in [-0.39, 0.29) is 11.3 Å². The second-order valence-electron chi connectivity index (χ2n) is 3.57. The predicted octanol–water partition coefficient (Wildman–Crippen LogP) is 2.07. The first-order valence-electron chi connectivity index (χ1n) is 4.46. The molecule has 0 atom stereocenters. The van der Waals surface area contributed by atoms with Crippen LogP contribution < -0.4 is 0 Å². The lowest BCUT2D eigenvalue weighted by molar-refractivity contribution is 0.0696. The number of carboxylic acid groups (broad SMARTS) is 1. The molecular weight excluding hydrogens is 252 g/mol. The van der Waals surface area contributed by atoms with Crippen LogP contribution in [0.1, 0.15) is 27.0 Å². The van der Waals surface area contributed by atoms with Crippen molar-refractivity contribution >= 4 is 25.7 Å². The molecule has 0 aliphatic rings. The van der Waals surface area contributed by atoms with Crippen LogP contribution in [0.15, 0.2) is 12.1 Å². The van der Waals surface area contributed by atoms with Gasteiger partial charge in [0.2, 0.25) is 9.05 Å². The largest absolute Gasteiger partial charge is 0.478 e. The first-order valence-corrected chi connectivity index (χ1v) is 6.94. The Morgan fingerprint density at radius 1 is 1.38 bits per heavy atom. The second-order valence-corrected chi connectivity index (χ2v) is 6.34. The lowest BCUT2D eigenvalue weighted by Gasteiger charge is -2.08. The van der Waals surface area contributed by atoms with E-state index in [1.54, 1.807) is 13.8 Å². The van der Waals surface area contributed by atoms with Crippen LogP contribution in [0.25, 0.3) is 0 Å². The minimum atomic E-state index is -3.68. The van der Waals surface area contributed by atoms with Gasteiger partial charge in [-0.1, -0.05) is 0 Å². The fraction of sp³-hybridized carbons (Fsp3) is 0.300. The van der Waals surface area contributed by atoms with Crippen LogP contribution in [0.2, 0.25) is 0 Å². The molecule has 1 rings (SSSR count). The summed E-state index contributed by atoms with van der Waals surface area (Å²) in [6.45, 7) is 3.46. The molecule has 16 heavy (non-hydrogen) atoms. The molecule has 6 heteroatoms. The van der Waals surface area contributed by atoms with E-state index in [0.717, 1.165) is 11.1 Å². The molecule has 0 heterocycles. The number of hydrogen-bond donors (Lipinski definition) is 1. The van der Waals surface area contributed by atoms with Gasteiger partial charge in [0.25, 0.3) is 0 Å². The second kappa shape index (κ2) is 4.43. The van der Waals surface area contributed by atoms with Crippen molar-refractivity contribution in [3.8, 4) is 0 Å². The Morgan fingerprint density at radius 3 is 2.38 bits per heavy atom. The van der Waals surface area contributed by atoms with E-state index >= 15 is 0 Å². The lowest BCUT2D eigenvalue weighted by Crippen LogP contribution is -2.04. The van der Waals surface area contributed by atoms with Crippen LogP contribution in [0, 0.1) is 13.8 Å². The van der Waals surface area contributed by atoms with Crippen LogP contribution >= 0.6 is 10.7 Å². The minimum Gasteiger partial charge on any atom is -0.478 e. The third-order valence-electron chi connectivity index (χ3n) is 2.35. The zero-order valence-corrected chi connectivity index (χ0v) is 10.4. The molecule has 4 nitrogen and oxygen atoms in total. The van der Waals surface area contributed by atoms with Gasteiger partial charge in [-0.3, -0.25) is 0 Å². The number of carbonyl (C=O) groups is 1. The van der Waals surface area contributed by atoms with Gasteiger partial charge >= 0.3 is 5.97 Å². The maximum Gasteiger partial charge on any atom is 0.335 e. The van der Waals surface area contributed by atoms with Gasteiger partial charge < -0.3 is 5.11 Å². The van der Waals surface area contributed by atoms with Gasteiger partial charge in [-0.25, -0.2) is 13.2 Å². The van der Waals surface area contributed by atoms with Gasteiger partial charge in [0.15, 0.2) is 0 Å². The summed E-state index contributed by atoms with van der Waals surface area (Å²) in [5, 5.41) is 8.84. The summed E-state index contributed by atoms with van der Waals surface area (Å²) < 4.78 is 21.9. The van der Waals surface area contributed by atoms with Crippen molar-refractivity contribution in [3.63, 3.8) is 0 Å². The monoisotopic (exact) mass is 262 g/mol. The summed E-state index contributed by atoms with van der Waals surface area (Å²) in [6, 6.07) is 2.84. The molecule has 0 spiro atoms. The first kappa shape index (κ1) is 13.0. The highest BCUT2D eigenvalue weighted by molar-refractivity contribution is 8.13. The van der Waals surface area contributed by atoms with Gasteiger partial charge in [0.1, 0.15) is 0 Å². The number of hydrogen-bond acceptors (Lipinski definition) is 3. The molecule has 0 saturated heterocycles. The highest BCUT2D eigenvalue weighted by atomic mass is 35.7. The summed E-state index contributed by atoms with van der Waals surface area (Å²) in [6.07, 6.45) is 0. The highest BCUT2D eigenvalue weighted by Crippen LogP contribution is 2.20. The SMILES string of the molecule is Cc1cc(C(=O)O)cc(CS(=O)(=O)Cl)c1C. The van der Waals surface area contributed by atoms with Gasteiger partial charge in [-0.2, -0.15) is 0 Å². The Morgan fingerprint density at radius 2 is 1.94 bits per heavy atom. The molecule has 0 aromatic heterocycles. The van der Waals surface area contributed by atoms with Crippen LogP contribution in [0.5, 0.6) is 0 Å². The summed E-state index contributed by atoms with van der Waals surface area (Å²) in [5.41, 5.74) is 1.97. The minimum absolute atomic E-state index is 0.0680. The Balaban J connectivity index is 3.33. The highest BCUT2D eigenvalue weighted by Gasteiger charge is 2.14. The van der Waals surface area contributed by atoms with Gasteiger partial charge in [0.05, 0.1) is 11.3 Å². The van der Waals surface area contributed by atoms with Gasteiger partial charge in [-0.05, 0) is 42.7 Å². The van der Waals surface area contributed by atoms with Crippen molar-refractivity contribution in [1.82, 2.24) is 0 Å². The first-order chi connectivity index (χ1) is 7.20. The zero-order valence-electron chi connectivity index (χ0n) is 8.82. The number of rotatable bonds is 3. The normalized spacial score (nSPS) is 11.4. The molecule has 0 amide bonds. The Hall–Kier alpha value is -1.07. The molecule has 1 aromatic rings. The van der Waals surface area contributed by atoms with E-state index in [2.05, 4.69) is 0 Å². The van der Waals surface area contributed by atoms with E-state index in [4.69, 9.17) is 15.8 Å². The molecule has 1 aromatic carbocycles. The molecule has 0 radical (unpaired) electrons. The van der Waals surface area contributed by atoms with E-state index in [1.807, 2.05) is 0 Å². The number of carboxylic acids is 1. The van der Waals surface area contributed by atoms with Crippen molar-refractivity contribution in [1.29, 1.82) is 0 Å². The van der Waals surface area contributed by atoms with Crippen LogP contribution in [-0.2, 0) is 14.8 Å². The van der Waals surface area contributed by atoms with E-state index in [0.29, 0.717) is 5.56 Å². The van der Waals surface area contributed by atoms with Crippen molar-refractivity contribution < 1.29 is 18.3 Å². The molecule has 0 fully saturated rings. The van der Waals surface area contributed by atoms with Crippen LogP contribution in [0.3, 0.4) is 0 Å². The maximum absolute atomic E-state index is 11.0. The van der Waals surface area contributed by atoms with Crippen molar-refractivity contribution in [3.05, 3.63) is 34.4 Å². The molecule has 0 aliphatic carbocycles. The third-order valence-corrected chi connectivity index (χ3v) is 3.33. The smallest absolute Gasteiger partial charge is 0.335 e. The average molecular weight is 263 g/mol. The number of aromatic carboxylic acids is 1. The standard InChI is InChI=1S/C10H11ClO4S/c1-6-3-8(10(12)13)4-9(7(6)2)5-16(11,14)15/h3-4H,5H2,1-2H3,(H,12,13). The van der Waals surface area contributed by atoms with Crippen LogP contribution in [0.4, 0.5) is 0 Å². The van der Waals surface area contributed by atoms with E-state index in [9.17, 15) is 13.2 Å².